The largest absolute Gasteiger partial charge is 0.394 e. The van der Waals surface area contributed by atoms with Gasteiger partial charge in [-0.3, -0.25) is 0 Å². The molecule has 0 unspecified atom stereocenters. The molecule has 0 aliphatic carbocycles. The minimum Gasteiger partial charge on any atom is -0.394 e. The van der Waals surface area contributed by atoms with Gasteiger partial charge >= 0.3 is 0 Å². The highest BCUT2D eigenvalue weighted by Crippen LogP contribution is 2.22. The van der Waals surface area contributed by atoms with Crippen LogP contribution in [0.15, 0.2) is 0 Å². The molecule has 0 fully saturated rings. The summed E-state index contributed by atoms with van der Waals surface area (Å²) in [6, 6.07) is 0. The molecule has 0 aromatic heterocycles. The van der Waals surface area contributed by atoms with Gasteiger partial charge in [-0.2, -0.15) is 0 Å². The van der Waals surface area contributed by atoms with Gasteiger partial charge in [0.05, 0.1) is 12.7 Å². The van der Waals surface area contributed by atoms with Gasteiger partial charge in [-0.25, -0.2) is 0 Å². The predicted molar refractivity (Wildman–Crippen MR) is 49.2 cm³/mol. The zero-order valence-electron chi connectivity index (χ0n) is 8.44. The van der Waals surface area contributed by atoms with E-state index in [1.165, 1.54) is 0 Å². The van der Waals surface area contributed by atoms with Crippen LogP contribution in [0.5, 0.6) is 0 Å². The Kier molecular flexibility index (Phi) is 4.85. The van der Waals surface area contributed by atoms with Crippen LogP contribution in [0.2, 0.25) is 0 Å². The van der Waals surface area contributed by atoms with Crippen LogP contribution in [0.1, 0.15) is 27.2 Å². The van der Waals surface area contributed by atoms with Gasteiger partial charge in [-0.05, 0) is 11.8 Å². The van der Waals surface area contributed by atoms with Crippen molar-refractivity contribution in [3.05, 3.63) is 0 Å². The minimum absolute atomic E-state index is 0.116. The molecule has 0 aromatic rings. The molecule has 0 aromatic carbocycles. The molecule has 0 saturated heterocycles. The summed E-state index contributed by atoms with van der Waals surface area (Å²) in [7, 11) is 0. The molecule has 4 nitrogen and oxygen atoms in total. The van der Waals surface area contributed by atoms with Crippen molar-refractivity contribution in [2.45, 2.75) is 45.5 Å². The molecule has 0 bridgehead atoms. The first-order chi connectivity index (χ1) is 5.78. The van der Waals surface area contributed by atoms with Gasteiger partial charge in [-0.15, -0.1) is 0 Å². The Bertz CT molecular complexity index is 141. The summed E-state index contributed by atoms with van der Waals surface area (Å²) in [5.41, 5.74) is -0.116. The Balaban J connectivity index is 4.03. The molecule has 0 radical (unpaired) electrons. The first-order valence-corrected chi connectivity index (χ1v) is 4.43. The maximum absolute atomic E-state index is 9.43. The molecular formula is C9H20O4. The molecule has 3 atom stereocenters. The first-order valence-electron chi connectivity index (χ1n) is 4.43. The molecule has 0 heterocycles. The number of rotatable bonds is 4. The molecule has 0 aliphatic heterocycles. The van der Waals surface area contributed by atoms with Crippen LogP contribution in [0.3, 0.4) is 0 Å². The van der Waals surface area contributed by atoms with Crippen LogP contribution in [0.4, 0.5) is 0 Å². The van der Waals surface area contributed by atoms with Crippen molar-refractivity contribution < 1.29 is 20.4 Å². The van der Waals surface area contributed by atoms with Crippen molar-refractivity contribution in [1.82, 2.24) is 0 Å². The average Bonchev–Trinajstić information content (AvgIpc) is 1.98. The summed E-state index contributed by atoms with van der Waals surface area (Å²) in [5, 5.41) is 36.3. The SMILES string of the molecule is CC(C)(C)C[C@@H](O)[C@H](O)[C@@H](O)CO. The fraction of sp³-hybridized carbons (Fsp3) is 1.00. The van der Waals surface area contributed by atoms with Crippen LogP contribution < -0.4 is 0 Å². The van der Waals surface area contributed by atoms with Crippen LogP contribution in [-0.2, 0) is 0 Å². The monoisotopic (exact) mass is 192 g/mol. The lowest BCUT2D eigenvalue weighted by atomic mass is 9.86. The van der Waals surface area contributed by atoms with Crippen LogP contribution in [0.25, 0.3) is 0 Å². The van der Waals surface area contributed by atoms with Gasteiger partial charge in [0.25, 0.3) is 0 Å². The molecule has 4 heteroatoms. The summed E-state index contributed by atoms with van der Waals surface area (Å²) in [6.07, 6.45) is -3.16. The van der Waals surface area contributed by atoms with Crippen molar-refractivity contribution in [3.63, 3.8) is 0 Å². The lowest BCUT2D eigenvalue weighted by molar-refractivity contribution is -0.0860. The topological polar surface area (TPSA) is 80.9 Å². The van der Waals surface area contributed by atoms with E-state index in [0.717, 1.165) is 0 Å². The maximum Gasteiger partial charge on any atom is 0.108 e. The third-order valence-corrected chi connectivity index (χ3v) is 1.80. The summed E-state index contributed by atoms with van der Waals surface area (Å²) in [5.74, 6) is 0. The molecule has 0 aliphatic rings. The fourth-order valence-corrected chi connectivity index (χ4v) is 1.11. The van der Waals surface area contributed by atoms with Gasteiger partial charge in [0.15, 0.2) is 0 Å². The zero-order valence-corrected chi connectivity index (χ0v) is 8.44. The van der Waals surface area contributed by atoms with E-state index in [9.17, 15) is 10.2 Å². The van der Waals surface area contributed by atoms with E-state index >= 15 is 0 Å². The average molecular weight is 192 g/mol. The van der Waals surface area contributed by atoms with E-state index in [4.69, 9.17) is 10.2 Å². The van der Waals surface area contributed by atoms with Crippen LogP contribution >= 0.6 is 0 Å². The van der Waals surface area contributed by atoms with Crippen molar-refractivity contribution in [1.29, 1.82) is 0 Å². The summed E-state index contributed by atoms with van der Waals surface area (Å²) in [4.78, 5) is 0. The van der Waals surface area contributed by atoms with Gasteiger partial charge in [0, 0.05) is 0 Å². The second kappa shape index (κ2) is 4.91. The Morgan fingerprint density at radius 3 is 1.77 bits per heavy atom. The predicted octanol–water partition coefficient (Wildman–Crippen LogP) is -0.502. The Labute approximate surface area is 78.8 Å². The van der Waals surface area contributed by atoms with Gasteiger partial charge in [-0.1, -0.05) is 20.8 Å². The van der Waals surface area contributed by atoms with E-state index in [1.54, 1.807) is 0 Å². The highest BCUT2D eigenvalue weighted by molar-refractivity contribution is 4.78. The smallest absolute Gasteiger partial charge is 0.108 e. The van der Waals surface area contributed by atoms with Crippen molar-refractivity contribution in [2.24, 2.45) is 5.41 Å². The third-order valence-electron chi connectivity index (χ3n) is 1.80. The van der Waals surface area contributed by atoms with Gasteiger partial charge < -0.3 is 20.4 Å². The molecule has 0 rings (SSSR count). The number of aliphatic hydroxyl groups excluding tert-OH is 4. The molecule has 13 heavy (non-hydrogen) atoms. The van der Waals surface area contributed by atoms with E-state index in [0.29, 0.717) is 6.42 Å². The molecule has 0 amide bonds. The van der Waals surface area contributed by atoms with Crippen LogP contribution in [0, 0.1) is 5.41 Å². The van der Waals surface area contributed by atoms with Crippen LogP contribution in [-0.4, -0.2) is 45.3 Å². The van der Waals surface area contributed by atoms with E-state index in [1.807, 2.05) is 20.8 Å². The van der Waals surface area contributed by atoms with E-state index in [2.05, 4.69) is 0 Å². The third kappa shape index (κ3) is 5.21. The minimum atomic E-state index is -1.27. The molecule has 0 saturated carbocycles. The molecule has 4 N–H and O–H groups in total. The maximum atomic E-state index is 9.43. The van der Waals surface area contributed by atoms with Crippen molar-refractivity contribution in [2.75, 3.05) is 6.61 Å². The standard InChI is InChI=1S/C9H20O4/c1-9(2,3)4-6(11)8(13)7(12)5-10/h6-8,10-13H,4-5H2,1-3H3/t6-,7+,8+/m1/s1. The second-order valence-electron chi connectivity index (χ2n) is 4.57. The summed E-state index contributed by atoms with van der Waals surface area (Å²) < 4.78 is 0. The van der Waals surface area contributed by atoms with E-state index < -0.39 is 24.9 Å². The van der Waals surface area contributed by atoms with Crippen molar-refractivity contribution in [3.8, 4) is 0 Å². The van der Waals surface area contributed by atoms with E-state index in [-0.39, 0.29) is 5.41 Å². The Morgan fingerprint density at radius 2 is 1.46 bits per heavy atom. The van der Waals surface area contributed by atoms with Gasteiger partial charge in [0.1, 0.15) is 12.2 Å². The number of hydrogen-bond donors (Lipinski definition) is 4. The molecular weight excluding hydrogens is 172 g/mol. The zero-order chi connectivity index (χ0) is 10.6. The van der Waals surface area contributed by atoms with Gasteiger partial charge in [0.2, 0.25) is 0 Å². The summed E-state index contributed by atoms with van der Waals surface area (Å²) in [6.45, 7) is 5.24. The Morgan fingerprint density at radius 1 is 1.00 bits per heavy atom. The quantitative estimate of drug-likeness (QED) is 0.484. The molecule has 80 valence electrons. The normalized spacial score (nSPS) is 19.6. The molecule has 0 spiro atoms. The first kappa shape index (κ1) is 12.8. The second-order valence-corrected chi connectivity index (χ2v) is 4.57. The summed E-state index contributed by atoms with van der Waals surface area (Å²) >= 11 is 0. The highest BCUT2D eigenvalue weighted by atomic mass is 16.4. The fourth-order valence-electron chi connectivity index (χ4n) is 1.11. The highest BCUT2D eigenvalue weighted by Gasteiger charge is 2.27. The Hall–Kier alpha value is -0.160. The number of aliphatic hydroxyl groups is 4. The van der Waals surface area contributed by atoms with Crippen molar-refractivity contribution >= 4 is 0 Å². The lowest BCUT2D eigenvalue weighted by Gasteiger charge is -2.27. The lowest BCUT2D eigenvalue weighted by Crippen LogP contribution is -2.41. The number of hydrogen-bond acceptors (Lipinski definition) is 4.